The number of hydrogen-bond donors (Lipinski definition) is 0. The first-order valence-electron chi connectivity index (χ1n) is 7.79. The number of halogens is 1. The van der Waals surface area contributed by atoms with Crippen molar-refractivity contribution in [3.63, 3.8) is 0 Å². The molecule has 0 aliphatic carbocycles. The van der Waals surface area contributed by atoms with E-state index in [0.29, 0.717) is 18.8 Å². The molecule has 2 rings (SSSR count). The molecule has 1 aliphatic rings. The van der Waals surface area contributed by atoms with Crippen molar-refractivity contribution >= 4 is 5.91 Å². The van der Waals surface area contributed by atoms with Gasteiger partial charge in [0.15, 0.2) is 0 Å². The third-order valence-electron chi connectivity index (χ3n) is 3.95. The van der Waals surface area contributed by atoms with Gasteiger partial charge in [0.1, 0.15) is 5.82 Å². The third-order valence-corrected chi connectivity index (χ3v) is 3.95. The molecule has 0 bridgehead atoms. The highest BCUT2D eigenvalue weighted by Crippen LogP contribution is 2.18. The molecule has 1 aromatic carbocycles. The Morgan fingerprint density at radius 3 is 3.10 bits per heavy atom. The quantitative estimate of drug-likeness (QED) is 0.807. The van der Waals surface area contributed by atoms with Gasteiger partial charge >= 0.3 is 0 Å². The number of likely N-dealkylation sites (tertiary alicyclic amines) is 1. The minimum atomic E-state index is -0.241. The third kappa shape index (κ3) is 5.12. The maximum atomic E-state index is 13.1. The molecule has 3 nitrogen and oxygen atoms in total. The number of rotatable bonds is 6. The van der Waals surface area contributed by atoms with Crippen molar-refractivity contribution in [1.82, 2.24) is 4.90 Å². The summed E-state index contributed by atoms with van der Waals surface area (Å²) in [6.45, 7) is 5.09. The molecule has 116 valence electrons. The van der Waals surface area contributed by atoms with Crippen LogP contribution in [-0.4, -0.2) is 37.1 Å². The Morgan fingerprint density at radius 2 is 2.33 bits per heavy atom. The zero-order chi connectivity index (χ0) is 15.1. The number of piperidine rings is 1. The number of nitrogens with zero attached hydrogens (tertiary/aromatic N) is 1. The van der Waals surface area contributed by atoms with Crippen LogP contribution in [0.3, 0.4) is 0 Å². The van der Waals surface area contributed by atoms with Gasteiger partial charge in [-0.1, -0.05) is 12.1 Å². The largest absolute Gasteiger partial charge is 0.381 e. The normalized spacial score (nSPS) is 18.8. The van der Waals surface area contributed by atoms with E-state index in [1.807, 2.05) is 17.9 Å². The highest BCUT2D eigenvalue weighted by molar-refractivity contribution is 5.76. The van der Waals surface area contributed by atoms with Crippen LogP contribution in [0.5, 0.6) is 0 Å². The molecule has 1 heterocycles. The van der Waals surface area contributed by atoms with Gasteiger partial charge in [0.05, 0.1) is 6.61 Å². The maximum absolute atomic E-state index is 13.1. The molecule has 0 radical (unpaired) electrons. The lowest BCUT2D eigenvalue weighted by atomic mass is 9.98. The Balaban J connectivity index is 1.79. The number of hydrogen-bond acceptors (Lipinski definition) is 2. The second-order valence-electron chi connectivity index (χ2n) is 5.64. The van der Waals surface area contributed by atoms with Gasteiger partial charge in [0, 0.05) is 26.1 Å². The van der Waals surface area contributed by atoms with E-state index in [1.54, 1.807) is 6.07 Å². The Labute approximate surface area is 126 Å². The second kappa shape index (κ2) is 8.13. The van der Waals surface area contributed by atoms with Gasteiger partial charge in [-0.25, -0.2) is 4.39 Å². The lowest BCUT2D eigenvalue weighted by molar-refractivity contribution is -0.133. The lowest BCUT2D eigenvalue weighted by Crippen LogP contribution is -2.41. The first kappa shape index (κ1) is 16.0. The van der Waals surface area contributed by atoms with E-state index in [2.05, 4.69) is 0 Å². The Kier molecular flexibility index (Phi) is 6.18. The highest BCUT2D eigenvalue weighted by Gasteiger charge is 2.23. The number of carbonyl (C=O) groups is 1. The van der Waals surface area contributed by atoms with E-state index in [0.717, 1.165) is 44.7 Å². The molecule has 1 saturated heterocycles. The van der Waals surface area contributed by atoms with Crippen molar-refractivity contribution < 1.29 is 13.9 Å². The van der Waals surface area contributed by atoms with Crippen molar-refractivity contribution in [2.75, 3.05) is 26.3 Å². The van der Waals surface area contributed by atoms with Gasteiger partial charge in [0.25, 0.3) is 0 Å². The Morgan fingerprint density at radius 1 is 1.48 bits per heavy atom. The molecule has 0 N–H and O–H groups in total. The monoisotopic (exact) mass is 293 g/mol. The fraction of sp³-hybridized carbons (Fsp3) is 0.588. The SMILES string of the molecule is CCOCC1CCCN(C(=O)CCc2cccc(F)c2)C1. The van der Waals surface area contributed by atoms with E-state index in [1.165, 1.54) is 12.1 Å². The van der Waals surface area contributed by atoms with E-state index in [9.17, 15) is 9.18 Å². The maximum Gasteiger partial charge on any atom is 0.222 e. The number of amides is 1. The summed E-state index contributed by atoms with van der Waals surface area (Å²) in [5.41, 5.74) is 0.881. The molecule has 21 heavy (non-hydrogen) atoms. The Bertz CT molecular complexity index is 464. The van der Waals surface area contributed by atoms with Gasteiger partial charge in [-0.15, -0.1) is 0 Å². The van der Waals surface area contributed by atoms with Crippen LogP contribution in [0.15, 0.2) is 24.3 Å². The molecule has 4 heteroatoms. The molecule has 1 fully saturated rings. The summed E-state index contributed by atoms with van der Waals surface area (Å²) in [5.74, 6) is 0.381. The molecule has 1 aliphatic heterocycles. The van der Waals surface area contributed by atoms with Crippen LogP contribution in [0.4, 0.5) is 4.39 Å². The summed E-state index contributed by atoms with van der Waals surface area (Å²) >= 11 is 0. The fourth-order valence-electron chi connectivity index (χ4n) is 2.81. The molecule has 0 saturated carbocycles. The van der Waals surface area contributed by atoms with Crippen molar-refractivity contribution in [3.05, 3.63) is 35.6 Å². The molecular weight excluding hydrogens is 269 g/mol. The minimum absolute atomic E-state index is 0.167. The van der Waals surface area contributed by atoms with Crippen LogP contribution in [0.25, 0.3) is 0 Å². The van der Waals surface area contributed by atoms with E-state index in [4.69, 9.17) is 4.74 Å². The van der Waals surface area contributed by atoms with Crippen molar-refractivity contribution in [2.45, 2.75) is 32.6 Å². The zero-order valence-electron chi connectivity index (χ0n) is 12.7. The van der Waals surface area contributed by atoms with Crippen molar-refractivity contribution in [2.24, 2.45) is 5.92 Å². The molecule has 0 spiro atoms. The summed E-state index contributed by atoms with van der Waals surface area (Å²) in [7, 11) is 0. The predicted octanol–water partition coefficient (Wildman–Crippen LogP) is 3.03. The standard InChI is InChI=1S/C17H24FNO2/c1-2-21-13-15-6-4-10-19(12-15)17(20)9-8-14-5-3-7-16(18)11-14/h3,5,7,11,15H,2,4,6,8-10,12-13H2,1H3. The molecular formula is C17H24FNO2. The number of ether oxygens (including phenoxy) is 1. The van der Waals surface area contributed by atoms with Gasteiger partial charge in [-0.05, 0) is 49.8 Å². The highest BCUT2D eigenvalue weighted by atomic mass is 19.1. The Hall–Kier alpha value is -1.42. The zero-order valence-corrected chi connectivity index (χ0v) is 12.7. The topological polar surface area (TPSA) is 29.5 Å². The van der Waals surface area contributed by atoms with E-state index < -0.39 is 0 Å². The summed E-state index contributed by atoms with van der Waals surface area (Å²) in [4.78, 5) is 14.2. The summed E-state index contributed by atoms with van der Waals surface area (Å²) in [5, 5.41) is 0. The molecule has 1 unspecified atom stereocenters. The summed E-state index contributed by atoms with van der Waals surface area (Å²) in [6, 6.07) is 6.48. The van der Waals surface area contributed by atoms with Crippen molar-refractivity contribution in [1.29, 1.82) is 0 Å². The first-order valence-corrected chi connectivity index (χ1v) is 7.79. The smallest absolute Gasteiger partial charge is 0.222 e. The van der Waals surface area contributed by atoms with Crippen LogP contribution in [-0.2, 0) is 16.0 Å². The van der Waals surface area contributed by atoms with Crippen molar-refractivity contribution in [3.8, 4) is 0 Å². The minimum Gasteiger partial charge on any atom is -0.381 e. The van der Waals surface area contributed by atoms with Gasteiger partial charge in [0.2, 0.25) is 5.91 Å². The average molecular weight is 293 g/mol. The van der Waals surface area contributed by atoms with Crippen LogP contribution >= 0.6 is 0 Å². The van der Waals surface area contributed by atoms with E-state index >= 15 is 0 Å². The first-order chi connectivity index (χ1) is 10.2. The average Bonchev–Trinajstić information content (AvgIpc) is 2.51. The van der Waals surface area contributed by atoms with Crippen LogP contribution in [0, 0.1) is 11.7 Å². The molecule has 0 aromatic heterocycles. The summed E-state index contributed by atoms with van der Waals surface area (Å²) in [6.07, 6.45) is 3.23. The lowest BCUT2D eigenvalue weighted by Gasteiger charge is -2.32. The predicted molar refractivity (Wildman–Crippen MR) is 80.5 cm³/mol. The summed E-state index contributed by atoms with van der Waals surface area (Å²) < 4.78 is 18.6. The molecule has 1 aromatic rings. The number of aryl methyl sites for hydroxylation is 1. The fourth-order valence-corrected chi connectivity index (χ4v) is 2.81. The number of benzene rings is 1. The van der Waals surface area contributed by atoms with Crippen LogP contribution in [0.2, 0.25) is 0 Å². The van der Waals surface area contributed by atoms with Gasteiger partial charge in [-0.3, -0.25) is 4.79 Å². The second-order valence-corrected chi connectivity index (χ2v) is 5.64. The van der Waals surface area contributed by atoms with Crippen LogP contribution < -0.4 is 0 Å². The number of carbonyl (C=O) groups excluding carboxylic acids is 1. The van der Waals surface area contributed by atoms with Gasteiger partial charge < -0.3 is 9.64 Å². The van der Waals surface area contributed by atoms with Gasteiger partial charge in [-0.2, -0.15) is 0 Å². The molecule has 1 amide bonds. The van der Waals surface area contributed by atoms with Crippen LogP contribution in [0.1, 0.15) is 31.7 Å². The molecule has 1 atom stereocenters. The van der Waals surface area contributed by atoms with E-state index in [-0.39, 0.29) is 11.7 Å².